The Morgan fingerprint density at radius 3 is 2.13 bits per heavy atom. The number of methoxy groups -OCH3 is 1. The topological polar surface area (TPSA) is 185 Å². The van der Waals surface area contributed by atoms with Gasteiger partial charge in [0.05, 0.1) is 23.6 Å². The number of pyridine rings is 1. The largest absolute Gasteiger partial charge is 0.495 e. The first-order valence-corrected chi connectivity index (χ1v) is 19.2. The maximum Gasteiger partial charge on any atom is 0.424 e. The van der Waals surface area contributed by atoms with E-state index in [2.05, 4.69) is 15.4 Å². The van der Waals surface area contributed by atoms with Gasteiger partial charge < -0.3 is 25.3 Å². The van der Waals surface area contributed by atoms with E-state index in [-0.39, 0.29) is 39.9 Å². The van der Waals surface area contributed by atoms with Crippen LogP contribution in [0.1, 0.15) is 46.1 Å². The number of anilines is 3. The fourth-order valence-electron chi connectivity index (χ4n) is 5.31. The van der Waals surface area contributed by atoms with Gasteiger partial charge in [0, 0.05) is 35.7 Å². The van der Waals surface area contributed by atoms with E-state index in [4.69, 9.17) is 19.9 Å². The smallest absolute Gasteiger partial charge is 0.424 e. The number of nitrogens with one attached hydrogen (secondary N) is 1. The molecule has 0 aliphatic rings. The van der Waals surface area contributed by atoms with E-state index in [1.54, 1.807) is 77.2 Å². The Morgan fingerprint density at radius 2 is 1.53 bits per heavy atom. The first-order valence-electron chi connectivity index (χ1n) is 17.3. The van der Waals surface area contributed by atoms with E-state index in [1.165, 1.54) is 42.0 Å². The quantitative estimate of drug-likeness (QED) is 0.0987. The van der Waals surface area contributed by atoms with Crippen LogP contribution in [0.3, 0.4) is 0 Å². The molecule has 5 rings (SSSR count). The molecule has 0 saturated carbocycles. The number of carbonyl (C=O) groups excluding carboxylic acids is 3. The number of carbonyl (C=O) groups is 3. The summed E-state index contributed by atoms with van der Waals surface area (Å²) in [6.45, 7) is 8.63. The van der Waals surface area contributed by atoms with E-state index in [0.717, 1.165) is 22.3 Å². The highest BCUT2D eigenvalue weighted by Gasteiger charge is 2.33. The molecule has 2 aromatic heterocycles. The summed E-state index contributed by atoms with van der Waals surface area (Å²) in [7, 11) is -2.34. The maximum absolute atomic E-state index is 14.1. The van der Waals surface area contributed by atoms with Gasteiger partial charge in [0.2, 0.25) is 5.91 Å². The van der Waals surface area contributed by atoms with Crippen molar-refractivity contribution in [1.82, 2.24) is 14.6 Å². The zero-order valence-electron chi connectivity index (χ0n) is 31.4. The minimum atomic E-state index is -3.65. The molecule has 2 heterocycles. The van der Waals surface area contributed by atoms with Crippen LogP contribution in [-0.4, -0.2) is 66.7 Å². The Kier molecular flexibility index (Phi) is 12.2. The summed E-state index contributed by atoms with van der Waals surface area (Å²) < 4.78 is 56.3. The average Bonchev–Trinajstić information content (AvgIpc) is 3.57. The predicted octanol–water partition coefficient (Wildman–Crippen LogP) is 6.47. The maximum atomic E-state index is 14.1. The van der Waals surface area contributed by atoms with Gasteiger partial charge in [0.15, 0.2) is 15.5 Å². The highest BCUT2D eigenvalue weighted by Crippen LogP contribution is 2.36. The van der Waals surface area contributed by atoms with Crippen LogP contribution in [0.15, 0.2) is 90.0 Å². The summed E-state index contributed by atoms with van der Waals surface area (Å²) in [5.74, 6) is -2.77. The standard InChI is InChI=1S/C39H43FN6O8S/c1-22(2)34(41)36(48)53-37(23(3)4)54-39(49)46(31-18-17-30(55(7,50)51)20-32(31)52-6)38-43-33-19-12-27(21-45(33)44-38)26-10-15-29(16-11-26)42-35(47)24(5)25-8-13-28(40)14-9-25/h8-24,34,37H,41H2,1-7H3,(H,42,47)/t24-,34+,37?/m1/s1. The molecule has 0 radical (unpaired) electrons. The molecule has 55 heavy (non-hydrogen) atoms. The van der Waals surface area contributed by atoms with Gasteiger partial charge >= 0.3 is 12.1 Å². The van der Waals surface area contributed by atoms with Crippen LogP contribution in [0.2, 0.25) is 0 Å². The summed E-state index contributed by atoms with van der Waals surface area (Å²) in [5, 5.41) is 7.45. The third kappa shape index (κ3) is 9.45. The fourth-order valence-corrected chi connectivity index (χ4v) is 5.95. The van der Waals surface area contributed by atoms with Crippen LogP contribution in [0.25, 0.3) is 16.8 Å². The third-order valence-electron chi connectivity index (χ3n) is 8.76. The number of esters is 1. The molecule has 0 spiro atoms. The van der Waals surface area contributed by atoms with E-state index in [0.29, 0.717) is 16.9 Å². The lowest BCUT2D eigenvalue weighted by Gasteiger charge is -2.27. The number of halogens is 1. The van der Waals surface area contributed by atoms with Gasteiger partial charge in [-0.15, -0.1) is 5.10 Å². The lowest BCUT2D eigenvalue weighted by Crippen LogP contribution is -2.42. The molecule has 0 aliphatic carbocycles. The molecule has 5 aromatic rings. The minimum absolute atomic E-state index is 0.00131. The predicted molar refractivity (Wildman–Crippen MR) is 204 cm³/mol. The van der Waals surface area contributed by atoms with Crippen molar-refractivity contribution in [3.8, 4) is 16.9 Å². The lowest BCUT2D eigenvalue weighted by molar-refractivity contribution is -0.177. The molecule has 0 bridgehead atoms. The second-order valence-electron chi connectivity index (χ2n) is 13.6. The molecular weight excluding hydrogens is 732 g/mol. The van der Waals surface area contributed by atoms with Gasteiger partial charge in [0.1, 0.15) is 17.6 Å². The van der Waals surface area contributed by atoms with Crippen LogP contribution < -0.4 is 20.7 Å². The van der Waals surface area contributed by atoms with Crippen LogP contribution in [0, 0.1) is 17.7 Å². The Morgan fingerprint density at radius 1 is 0.873 bits per heavy atom. The third-order valence-corrected chi connectivity index (χ3v) is 9.87. The van der Waals surface area contributed by atoms with Gasteiger partial charge in [-0.3, -0.25) is 9.59 Å². The van der Waals surface area contributed by atoms with E-state index >= 15 is 0 Å². The van der Waals surface area contributed by atoms with Gasteiger partial charge in [-0.1, -0.05) is 52.0 Å². The fraction of sp³-hybridized carbons (Fsp3) is 0.308. The molecule has 290 valence electrons. The molecule has 1 unspecified atom stereocenters. The number of fused-ring (bicyclic) bond motifs is 1. The zero-order valence-corrected chi connectivity index (χ0v) is 32.2. The van der Waals surface area contributed by atoms with Crippen LogP contribution in [0.4, 0.5) is 26.5 Å². The molecule has 3 atom stereocenters. The Hall–Kier alpha value is -5.87. The summed E-state index contributed by atoms with van der Waals surface area (Å²) in [5.41, 5.74) is 9.13. The Labute approximate surface area is 318 Å². The van der Waals surface area contributed by atoms with E-state index in [1.807, 2.05) is 12.1 Å². The average molecular weight is 775 g/mol. The molecule has 2 amide bonds. The number of amides is 2. The summed E-state index contributed by atoms with van der Waals surface area (Å²) >= 11 is 0. The van der Waals surface area contributed by atoms with Gasteiger partial charge in [-0.25, -0.2) is 27.0 Å². The zero-order chi connectivity index (χ0) is 40.2. The summed E-state index contributed by atoms with van der Waals surface area (Å²) in [6.07, 6.45) is 0.335. The van der Waals surface area contributed by atoms with Crippen molar-refractivity contribution in [2.24, 2.45) is 17.6 Å². The minimum Gasteiger partial charge on any atom is -0.495 e. The number of rotatable bonds is 13. The van der Waals surface area contributed by atoms with E-state index < -0.39 is 46.1 Å². The SMILES string of the molecule is COc1cc(S(C)(=O)=O)ccc1N(C(=O)OC(OC(=O)[C@@H](N)C(C)C)C(C)C)c1nc2ccc(-c3ccc(NC(=O)[C@H](C)c4ccc(F)cc4)cc3)cn2n1. The van der Waals surface area contributed by atoms with Crippen molar-refractivity contribution in [2.75, 3.05) is 23.6 Å². The van der Waals surface area contributed by atoms with Crippen molar-refractivity contribution >= 4 is 50.8 Å². The Bertz CT molecular complexity index is 2300. The number of nitrogens with zero attached hydrogens (tertiary/aromatic N) is 4. The van der Waals surface area contributed by atoms with Crippen molar-refractivity contribution in [1.29, 1.82) is 0 Å². The number of benzene rings is 3. The highest BCUT2D eigenvalue weighted by molar-refractivity contribution is 7.90. The van der Waals surface area contributed by atoms with Gasteiger partial charge in [-0.2, -0.15) is 4.98 Å². The molecule has 0 saturated heterocycles. The number of nitrogens with two attached hydrogens (primary N) is 1. The molecule has 16 heteroatoms. The van der Waals surface area contributed by atoms with Crippen LogP contribution in [-0.2, 0) is 28.9 Å². The van der Waals surface area contributed by atoms with Crippen molar-refractivity contribution in [3.63, 3.8) is 0 Å². The molecule has 0 fully saturated rings. The number of hydrogen-bond donors (Lipinski definition) is 2. The second-order valence-corrected chi connectivity index (χ2v) is 15.6. The number of hydrogen-bond acceptors (Lipinski definition) is 11. The number of sulfone groups is 1. The van der Waals surface area contributed by atoms with Crippen molar-refractivity contribution in [2.45, 2.75) is 57.8 Å². The number of aromatic nitrogens is 3. The molecular formula is C39H43FN6O8S. The summed E-state index contributed by atoms with van der Waals surface area (Å²) in [6, 6.07) is 19.4. The van der Waals surface area contributed by atoms with Crippen LogP contribution >= 0.6 is 0 Å². The monoisotopic (exact) mass is 774 g/mol. The van der Waals surface area contributed by atoms with E-state index in [9.17, 15) is 27.2 Å². The van der Waals surface area contributed by atoms with Crippen molar-refractivity contribution in [3.05, 3.63) is 96.4 Å². The van der Waals surface area contributed by atoms with Crippen molar-refractivity contribution < 1.29 is 41.4 Å². The first-order chi connectivity index (χ1) is 26.0. The molecule has 3 aromatic carbocycles. The lowest BCUT2D eigenvalue weighted by atomic mass is 10.00. The number of ether oxygens (including phenoxy) is 3. The van der Waals surface area contributed by atoms with Gasteiger partial charge in [-0.05, 0) is 72.5 Å². The summed E-state index contributed by atoms with van der Waals surface area (Å²) in [4.78, 5) is 45.2. The van der Waals surface area contributed by atoms with Gasteiger partial charge in [0.25, 0.3) is 12.2 Å². The molecule has 0 aliphatic heterocycles. The highest BCUT2D eigenvalue weighted by atomic mass is 32.2. The Balaban J connectivity index is 1.46. The normalized spacial score (nSPS) is 13.3. The first kappa shape index (κ1) is 40.3. The molecule has 14 nitrogen and oxygen atoms in total. The molecule has 3 N–H and O–H groups in total. The van der Waals surface area contributed by atoms with Crippen LogP contribution in [0.5, 0.6) is 5.75 Å². The second kappa shape index (κ2) is 16.7.